The maximum absolute atomic E-state index is 11.2. The second-order valence-corrected chi connectivity index (χ2v) is 2.69. The van der Waals surface area contributed by atoms with Crippen molar-refractivity contribution in [2.45, 2.75) is 6.92 Å². The monoisotopic (exact) mass is 191 g/mol. The standard InChI is InChI=1S/C10H9NO3/c1-7-5-8(11-6-12)3-4-9(7)10(13)14-2/h3-5H,1-2H3. The van der Waals surface area contributed by atoms with Crippen molar-refractivity contribution in [3.05, 3.63) is 29.3 Å². The van der Waals surface area contributed by atoms with E-state index in [4.69, 9.17) is 0 Å². The van der Waals surface area contributed by atoms with Crippen LogP contribution in [0.15, 0.2) is 23.2 Å². The van der Waals surface area contributed by atoms with Crippen molar-refractivity contribution in [1.82, 2.24) is 0 Å². The molecular weight excluding hydrogens is 182 g/mol. The maximum atomic E-state index is 11.2. The lowest BCUT2D eigenvalue weighted by atomic mass is 10.1. The molecule has 72 valence electrons. The molecule has 0 N–H and O–H groups in total. The summed E-state index contributed by atoms with van der Waals surface area (Å²) in [5.74, 6) is -0.399. The number of aliphatic imine (C=N–C) groups is 1. The predicted octanol–water partition coefficient (Wildman–Crippen LogP) is 1.75. The summed E-state index contributed by atoms with van der Waals surface area (Å²) < 4.78 is 4.57. The van der Waals surface area contributed by atoms with Crippen molar-refractivity contribution >= 4 is 17.7 Å². The minimum absolute atomic E-state index is 0.399. The second-order valence-electron chi connectivity index (χ2n) is 2.69. The molecule has 4 heteroatoms. The van der Waals surface area contributed by atoms with Crippen LogP contribution in [0.3, 0.4) is 0 Å². The summed E-state index contributed by atoms with van der Waals surface area (Å²) in [4.78, 5) is 24.6. The van der Waals surface area contributed by atoms with E-state index >= 15 is 0 Å². The number of hydrogen-bond acceptors (Lipinski definition) is 4. The van der Waals surface area contributed by atoms with Crippen LogP contribution in [0.25, 0.3) is 0 Å². The van der Waals surface area contributed by atoms with E-state index < -0.39 is 5.97 Å². The van der Waals surface area contributed by atoms with Gasteiger partial charge in [-0.1, -0.05) is 0 Å². The first kappa shape index (κ1) is 10.2. The van der Waals surface area contributed by atoms with Crippen LogP contribution < -0.4 is 0 Å². The van der Waals surface area contributed by atoms with Gasteiger partial charge in [-0.15, -0.1) is 0 Å². The summed E-state index contributed by atoms with van der Waals surface area (Å²) in [6, 6.07) is 4.75. The van der Waals surface area contributed by atoms with Gasteiger partial charge in [-0.25, -0.2) is 9.59 Å². The van der Waals surface area contributed by atoms with Gasteiger partial charge in [0.25, 0.3) is 0 Å². The van der Waals surface area contributed by atoms with E-state index in [1.165, 1.54) is 13.2 Å². The summed E-state index contributed by atoms with van der Waals surface area (Å²) in [6.45, 7) is 1.75. The summed E-state index contributed by atoms with van der Waals surface area (Å²) in [6.07, 6.45) is 1.43. The van der Waals surface area contributed by atoms with Gasteiger partial charge in [0.2, 0.25) is 6.08 Å². The van der Waals surface area contributed by atoms with Gasteiger partial charge in [-0.05, 0) is 30.7 Å². The van der Waals surface area contributed by atoms with E-state index in [0.717, 1.165) is 0 Å². The average molecular weight is 191 g/mol. The lowest BCUT2D eigenvalue weighted by Crippen LogP contribution is -2.02. The number of methoxy groups -OCH3 is 1. The molecule has 0 amide bonds. The first-order chi connectivity index (χ1) is 6.69. The third kappa shape index (κ3) is 2.06. The van der Waals surface area contributed by atoms with Crippen molar-refractivity contribution in [3.8, 4) is 0 Å². The van der Waals surface area contributed by atoms with Crippen LogP contribution in [-0.4, -0.2) is 19.2 Å². The van der Waals surface area contributed by atoms with Crippen LogP contribution >= 0.6 is 0 Å². The van der Waals surface area contributed by atoms with Gasteiger partial charge >= 0.3 is 5.97 Å². The molecule has 4 nitrogen and oxygen atoms in total. The minimum atomic E-state index is -0.399. The first-order valence-corrected chi connectivity index (χ1v) is 3.96. The number of benzene rings is 1. The minimum Gasteiger partial charge on any atom is -0.465 e. The smallest absolute Gasteiger partial charge is 0.338 e. The van der Waals surface area contributed by atoms with Crippen molar-refractivity contribution in [2.75, 3.05) is 7.11 Å². The Morgan fingerprint density at radius 1 is 1.50 bits per heavy atom. The number of aryl methyl sites for hydroxylation is 1. The zero-order valence-electron chi connectivity index (χ0n) is 7.90. The van der Waals surface area contributed by atoms with Crippen LogP contribution in [0.4, 0.5) is 5.69 Å². The molecule has 0 unspecified atom stereocenters. The summed E-state index contributed by atoms with van der Waals surface area (Å²) in [7, 11) is 1.32. The average Bonchev–Trinajstić information content (AvgIpc) is 2.17. The lowest BCUT2D eigenvalue weighted by molar-refractivity contribution is 0.0600. The van der Waals surface area contributed by atoms with Crippen molar-refractivity contribution in [3.63, 3.8) is 0 Å². The van der Waals surface area contributed by atoms with Crippen LogP contribution in [-0.2, 0) is 9.53 Å². The fourth-order valence-corrected chi connectivity index (χ4v) is 1.11. The van der Waals surface area contributed by atoms with Crippen LogP contribution in [0.5, 0.6) is 0 Å². The fraction of sp³-hybridized carbons (Fsp3) is 0.200. The molecular formula is C10H9NO3. The number of carbonyl (C=O) groups is 1. The molecule has 0 heterocycles. The number of esters is 1. The Morgan fingerprint density at radius 3 is 2.71 bits per heavy atom. The molecule has 0 spiro atoms. The molecule has 0 saturated heterocycles. The lowest BCUT2D eigenvalue weighted by Gasteiger charge is -2.03. The summed E-state index contributed by atoms with van der Waals surface area (Å²) >= 11 is 0. The Hall–Kier alpha value is -1.93. The third-order valence-corrected chi connectivity index (χ3v) is 1.79. The highest BCUT2D eigenvalue weighted by molar-refractivity contribution is 5.91. The Balaban J connectivity index is 3.13. The highest BCUT2D eigenvalue weighted by atomic mass is 16.5. The van der Waals surface area contributed by atoms with E-state index in [1.807, 2.05) is 0 Å². The van der Waals surface area contributed by atoms with Gasteiger partial charge < -0.3 is 4.74 Å². The zero-order chi connectivity index (χ0) is 10.6. The van der Waals surface area contributed by atoms with Gasteiger partial charge in [0.15, 0.2) is 0 Å². The number of ether oxygens (including phenoxy) is 1. The van der Waals surface area contributed by atoms with E-state index in [0.29, 0.717) is 16.8 Å². The quantitative estimate of drug-likeness (QED) is 0.406. The van der Waals surface area contributed by atoms with E-state index in [1.54, 1.807) is 25.1 Å². The number of carbonyl (C=O) groups excluding carboxylic acids is 2. The summed E-state index contributed by atoms with van der Waals surface area (Å²) in [5.41, 5.74) is 1.66. The van der Waals surface area contributed by atoms with Gasteiger partial charge in [0.05, 0.1) is 18.4 Å². The van der Waals surface area contributed by atoms with Crippen molar-refractivity contribution in [1.29, 1.82) is 0 Å². The second kappa shape index (κ2) is 4.35. The third-order valence-electron chi connectivity index (χ3n) is 1.79. The Labute approximate surface area is 81.2 Å². The molecule has 1 aromatic rings. The topological polar surface area (TPSA) is 55.7 Å². The largest absolute Gasteiger partial charge is 0.465 e. The normalized spacial score (nSPS) is 9.00. The molecule has 0 aromatic heterocycles. The van der Waals surface area contributed by atoms with E-state index in [2.05, 4.69) is 9.73 Å². The van der Waals surface area contributed by atoms with Gasteiger partial charge in [-0.3, -0.25) is 0 Å². The van der Waals surface area contributed by atoms with Crippen molar-refractivity contribution < 1.29 is 14.3 Å². The fourth-order valence-electron chi connectivity index (χ4n) is 1.11. The molecule has 1 aromatic carbocycles. The number of rotatable bonds is 2. The molecule has 0 fully saturated rings. The van der Waals surface area contributed by atoms with Gasteiger partial charge in [0, 0.05) is 0 Å². The van der Waals surface area contributed by atoms with Crippen LogP contribution in [0.1, 0.15) is 15.9 Å². The van der Waals surface area contributed by atoms with Crippen LogP contribution in [0.2, 0.25) is 0 Å². The molecule has 0 bridgehead atoms. The molecule has 1 rings (SSSR count). The Bertz CT molecular complexity index is 406. The number of nitrogens with zero attached hydrogens (tertiary/aromatic N) is 1. The summed E-state index contributed by atoms with van der Waals surface area (Å²) in [5, 5.41) is 0. The SMILES string of the molecule is COC(=O)c1ccc(N=C=O)cc1C. The van der Waals surface area contributed by atoms with E-state index in [9.17, 15) is 9.59 Å². The Morgan fingerprint density at radius 2 is 2.21 bits per heavy atom. The molecule has 0 aliphatic heterocycles. The van der Waals surface area contributed by atoms with Crippen LogP contribution in [0, 0.1) is 6.92 Å². The van der Waals surface area contributed by atoms with Gasteiger partial charge in [0.1, 0.15) is 0 Å². The molecule has 0 atom stereocenters. The van der Waals surface area contributed by atoms with E-state index in [-0.39, 0.29) is 0 Å². The first-order valence-electron chi connectivity index (χ1n) is 3.96. The number of isocyanates is 1. The molecule has 0 aliphatic rings. The molecule has 0 radical (unpaired) electrons. The maximum Gasteiger partial charge on any atom is 0.338 e. The molecule has 14 heavy (non-hydrogen) atoms. The van der Waals surface area contributed by atoms with Crippen molar-refractivity contribution in [2.24, 2.45) is 4.99 Å². The van der Waals surface area contributed by atoms with Gasteiger partial charge in [-0.2, -0.15) is 4.99 Å². The zero-order valence-corrected chi connectivity index (χ0v) is 7.90. The predicted molar refractivity (Wildman–Crippen MR) is 50.3 cm³/mol. The molecule has 0 aliphatic carbocycles. The Kier molecular flexibility index (Phi) is 3.15. The number of hydrogen-bond donors (Lipinski definition) is 0. The highest BCUT2D eigenvalue weighted by Gasteiger charge is 2.08. The highest BCUT2D eigenvalue weighted by Crippen LogP contribution is 2.17. The molecule has 0 saturated carbocycles.